The molecule has 0 atom stereocenters. The van der Waals surface area contributed by atoms with Crippen LogP contribution in [0.15, 0.2) is 42.5 Å². The van der Waals surface area contributed by atoms with Crippen molar-refractivity contribution in [3.05, 3.63) is 59.2 Å². The highest BCUT2D eigenvalue weighted by Gasteiger charge is 2.06. The highest BCUT2D eigenvalue weighted by molar-refractivity contribution is 5.75. The number of para-hydroxylation sites is 1. The Kier molecular flexibility index (Phi) is 4.31. The van der Waals surface area contributed by atoms with Crippen LogP contribution in [-0.2, 0) is 6.42 Å². The summed E-state index contributed by atoms with van der Waals surface area (Å²) in [5.41, 5.74) is 2.50. The Morgan fingerprint density at radius 2 is 1.95 bits per heavy atom. The number of aliphatic hydroxyl groups excluding tert-OH is 1. The molecule has 0 heterocycles. The van der Waals surface area contributed by atoms with Crippen LogP contribution in [0.5, 0.6) is 11.5 Å². The third-order valence-electron chi connectivity index (χ3n) is 2.91. The molecular formula is C16H16O3. The quantitative estimate of drug-likeness (QED) is 0.836. The highest BCUT2D eigenvalue weighted by Crippen LogP contribution is 2.28. The zero-order valence-electron chi connectivity index (χ0n) is 10.8. The van der Waals surface area contributed by atoms with Crippen LogP contribution in [0.4, 0.5) is 0 Å². The molecule has 0 radical (unpaired) electrons. The van der Waals surface area contributed by atoms with E-state index in [2.05, 4.69) is 0 Å². The zero-order chi connectivity index (χ0) is 13.7. The molecule has 0 aromatic heterocycles. The van der Waals surface area contributed by atoms with E-state index >= 15 is 0 Å². The Balaban J connectivity index is 2.28. The zero-order valence-corrected chi connectivity index (χ0v) is 10.8. The second-order valence-electron chi connectivity index (χ2n) is 4.33. The topological polar surface area (TPSA) is 46.5 Å². The fourth-order valence-corrected chi connectivity index (χ4v) is 1.91. The number of carbonyl (C=O) groups is 1. The van der Waals surface area contributed by atoms with E-state index in [1.165, 1.54) is 0 Å². The van der Waals surface area contributed by atoms with Crippen LogP contribution in [0.2, 0.25) is 0 Å². The first-order valence-corrected chi connectivity index (χ1v) is 6.17. The fourth-order valence-electron chi connectivity index (χ4n) is 1.91. The number of ether oxygens (including phenoxy) is 1. The number of carbonyl (C=O) groups excluding carboxylic acids is 1. The predicted molar refractivity (Wildman–Crippen MR) is 73.9 cm³/mol. The largest absolute Gasteiger partial charge is 0.457 e. The summed E-state index contributed by atoms with van der Waals surface area (Å²) < 4.78 is 5.87. The highest BCUT2D eigenvalue weighted by atomic mass is 16.5. The number of hydrogen-bond acceptors (Lipinski definition) is 3. The minimum Gasteiger partial charge on any atom is -0.457 e. The molecule has 0 aliphatic carbocycles. The van der Waals surface area contributed by atoms with Gasteiger partial charge in [-0.25, -0.2) is 0 Å². The molecule has 0 unspecified atom stereocenters. The summed E-state index contributed by atoms with van der Waals surface area (Å²) in [6, 6.07) is 12.9. The molecule has 3 heteroatoms. The lowest BCUT2D eigenvalue weighted by Gasteiger charge is -2.12. The average molecular weight is 256 g/mol. The van der Waals surface area contributed by atoms with Gasteiger partial charge in [-0.3, -0.25) is 4.79 Å². The molecule has 0 spiro atoms. The van der Waals surface area contributed by atoms with Crippen molar-refractivity contribution >= 4 is 6.29 Å². The first kappa shape index (κ1) is 13.3. The summed E-state index contributed by atoms with van der Waals surface area (Å²) >= 11 is 0. The SMILES string of the molecule is Cc1cc(C=O)ccc1Oc1ccccc1CCO. The van der Waals surface area contributed by atoms with Gasteiger partial charge >= 0.3 is 0 Å². The Hall–Kier alpha value is -2.13. The smallest absolute Gasteiger partial charge is 0.150 e. The lowest BCUT2D eigenvalue weighted by Crippen LogP contribution is -1.96. The molecule has 2 aromatic carbocycles. The van der Waals surface area contributed by atoms with Gasteiger partial charge in [0.05, 0.1) is 0 Å². The first-order chi connectivity index (χ1) is 9.24. The van der Waals surface area contributed by atoms with Gasteiger partial charge in [-0.15, -0.1) is 0 Å². The molecular weight excluding hydrogens is 240 g/mol. The molecule has 0 aliphatic heterocycles. The van der Waals surface area contributed by atoms with E-state index in [1.807, 2.05) is 31.2 Å². The fraction of sp³-hybridized carbons (Fsp3) is 0.188. The van der Waals surface area contributed by atoms with E-state index in [1.54, 1.807) is 18.2 Å². The van der Waals surface area contributed by atoms with Gasteiger partial charge in [0.1, 0.15) is 17.8 Å². The van der Waals surface area contributed by atoms with E-state index in [9.17, 15) is 4.79 Å². The summed E-state index contributed by atoms with van der Waals surface area (Å²) in [5, 5.41) is 9.04. The number of rotatable bonds is 5. The maximum atomic E-state index is 10.7. The van der Waals surface area contributed by atoms with Gasteiger partial charge in [0.15, 0.2) is 0 Å². The molecule has 0 amide bonds. The summed E-state index contributed by atoms with van der Waals surface area (Å²) in [5.74, 6) is 1.45. The number of aldehydes is 1. The van der Waals surface area contributed by atoms with Crippen LogP contribution in [0, 0.1) is 6.92 Å². The van der Waals surface area contributed by atoms with Crippen molar-refractivity contribution in [2.75, 3.05) is 6.61 Å². The molecule has 0 fully saturated rings. The van der Waals surface area contributed by atoms with Gasteiger partial charge in [0, 0.05) is 12.2 Å². The van der Waals surface area contributed by atoms with Crippen molar-refractivity contribution in [2.24, 2.45) is 0 Å². The molecule has 3 nitrogen and oxygen atoms in total. The summed E-state index contributed by atoms with van der Waals surface area (Å²) in [6.45, 7) is 1.99. The van der Waals surface area contributed by atoms with Crippen molar-refractivity contribution in [2.45, 2.75) is 13.3 Å². The van der Waals surface area contributed by atoms with Crippen LogP contribution < -0.4 is 4.74 Å². The lowest BCUT2D eigenvalue weighted by molar-refractivity contribution is 0.112. The minimum atomic E-state index is 0.0867. The maximum Gasteiger partial charge on any atom is 0.150 e. The molecule has 2 aromatic rings. The number of aliphatic hydroxyl groups is 1. The first-order valence-electron chi connectivity index (χ1n) is 6.17. The van der Waals surface area contributed by atoms with Crippen molar-refractivity contribution in [1.82, 2.24) is 0 Å². The summed E-state index contributed by atoms with van der Waals surface area (Å²) in [6.07, 6.45) is 1.37. The Morgan fingerprint density at radius 3 is 2.63 bits per heavy atom. The van der Waals surface area contributed by atoms with Crippen molar-refractivity contribution in [1.29, 1.82) is 0 Å². The third kappa shape index (κ3) is 3.20. The lowest BCUT2D eigenvalue weighted by atomic mass is 10.1. The van der Waals surface area contributed by atoms with Crippen molar-refractivity contribution < 1.29 is 14.6 Å². The normalized spacial score (nSPS) is 10.2. The number of benzene rings is 2. The Morgan fingerprint density at radius 1 is 1.16 bits per heavy atom. The summed E-state index contributed by atoms with van der Waals surface area (Å²) in [7, 11) is 0. The Labute approximate surface area is 112 Å². The molecule has 0 saturated heterocycles. The van der Waals surface area contributed by atoms with Crippen LogP contribution in [0.3, 0.4) is 0 Å². The predicted octanol–water partition coefficient (Wildman–Crippen LogP) is 3.13. The average Bonchev–Trinajstić information content (AvgIpc) is 2.43. The van der Waals surface area contributed by atoms with E-state index in [4.69, 9.17) is 9.84 Å². The summed E-state index contributed by atoms with van der Waals surface area (Å²) in [4.78, 5) is 10.7. The van der Waals surface area contributed by atoms with Crippen LogP contribution >= 0.6 is 0 Å². The van der Waals surface area contributed by atoms with Gasteiger partial charge in [0.25, 0.3) is 0 Å². The molecule has 0 bridgehead atoms. The second kappa shape index (κ2) is 6.16. The number of hydrogen-bond donors (Lipinski definition) is 1. The maximum absolute atomic E-state index is 10.7. The monoisotopic (exact) mass is 256 g/mol. The number of aryl methyl sites for hydroxylation is 1. The van der Waals surface area contributed by atoms with Crippen LogP contribution in [-0.4, -0.2) is 18.0 Å². The molecule has 19 heavy (non-hydrogen) atoms. The third-order valence-corrected chi connectivity index (χ3v) is 2.91. The van der Waals surface area contributed by atoms with Gasteiger partial charge in [-0.1, -0.05) is 18.2 Å². The van der Waals surface area contributed by atoms with E-state index < -0.39 is 0 Å². The van der Waals surface area contributed by atoms with E-state index in [0.717, 1.165) is 28.9 Å². The van der Waals surface area contributed by atoms with Gasteiger partial charge in [-0.2, -0.15) is 0 Å². The van der Waals surface area contributed by atoms with Crippen LogP contribution in [0.1, 0.15) is 21.5 Å². The Bertz CT molecular complexity index is 576. The van der Waals surface area contributed by atoms with E-state index in [-0.39, 0.29) is 6.61 Å². The van der Waals surface area contributed by atoms with Crippen molar-refractivity contribution in [3.63, 3.8) is 0 Å². The van der Waals surface area contributed by atoms with Gasteiger partial charge in [-0.05, 0) is 48.7 Å². The standard InChI is InChI=1S/C16H16O3/c1-12-10-13(11-18)6-7-15(12)19-16-5-3-2-4-14(16)8-9-17/h2-7,10-11,17H,8-9H2,1H3. The van der Waals surface area contributed by atoms with E-state index in [0.29, 0.717) is 12.0 Å². The van der Waals surface area contributed by atoms with Gasteiger partial charge < -0.3 is 9.84 Å². The molecule has 0 aliphatic rings. The van der Waals surface area contributed by atoms with Crippen LogP contribution in [0.25, 0.3) is 0 Å². The molecule has 2 rings (SSSR count). The van der Waals surface area contributed by atoms with Gasteiger partial charge in [0.2, 0.25) is 0 Å². The second-order valence-corrected chi connectivity index (χ2v) is 4.33. The molecule has 1 N–H and O–H groups in total. The molecule has 0 saturated carbocycles. The minimum absolute atomic E-state index is 0.0867. The molecule has 98 valence electrons. The van der Waals surface area contributed by atoms with Crippen molar-refractivity contribution in [3.8, 4) is 11.5 Å².